The van der Waals surface area contributed by atoms with Gasteiger partial charge in [-0.25, -0.2) is 0 Å². The number of benzene rings is 1. The van der Waals surface area contributed by atoms with Gasteiger partial charge in [0.25, 0.3) is 0 Å². The van der Waals surface area contributed by atoms with Crippen LogP contribution in [0.2, 0.25) is 0 Å². The molecule has 0 spiro atoms. The van der Waals surface area contributed by atoms with Crippen LogP contribution in [0.5, 0.6) is 0 Å². The van der Waals surface area contributed by atoms with E-state index in [1.54, 1.807) is 7.11 Å². The Balaban J connectivity index is 0. The predicted molar refractivity (Wildman–Crippen MR) is 111 cm³/mol. The fraction of sp³-hybridized carbons (Fsp3) is 0.524. The Morgan fingerprint density at radius 1 is 1.26 bits per heavy atom. The number of methoxy groups -OCH3 is 1. The van der Waals surface area contributed by atoms with E-state index in [2.05, 4.69) is 78.1 Å². The zero-order valence-electron chi connectivity index (χ0n) is 16.4. The van der Waals surface area contributed by atoms with Gasteiger partial charge in [-0.1, -0.05) is 75.8 Å². The lowest BCUT2D eigenvalue weighted by Gasteiger charge is -2.19. The van der Waals surface area contributed by atoms with Crippen LogP contribution in [0.4, 0.5) is 0 Å². The van der Waals surface area contributed by atoms with Crippen molar-refractivity contribution >= 4 is 18.7 Å². The highest BCUT2D eigenvalue weighted by Crippen LogP contribution is 2.16. The standard InChI is InChI=1S/C13H16.C6H14OS.C2H6/c1-5-10(2)9-13-7-6-11(3)8-12(13)4;1-6(2,5-8)4-7-3;1-2/h5-9H,1H2,2-4H3;8H,4-5H2,1-3H3;1-2H3/b10-9+;;. The molecule has 1 aromatic carbocycles. The third-order valence-corrected chi connectivity index (χ3v) is 3.95. The molecule has 0 aliphatic rings. The quantitative estimate of drug-likeness (QED) is 0.476. The lowest BCUT2D eigenvalue weighted by atomic mass is 9.98. The van der Waals surface area contributed by atoms with E-state index >= 15 is 0 Å². The van der Waals surface area contributed by atoms with Crippen LogP contribution in [-0.2, 0) is 4.74 Å². The van der Waals surface area contributed by atoms with Gasteiger partial charge < -0.3 is 4.74 Å². The molecule has 23 heavy (non-hydrogen) atoms. The first-order valence-corrected chi connectivity index (χ1v) is 8.87. The van der Waals surface area contributed by atoms with Gasteiger partial charge in [-0.2, -0.15) is 12.6 Å². The Kier molecular flexibility index (Phi) is 14.2. The molecule has 0 unspecified atom stereocenters. The third-order valence-electron chi connectivity index (χ3n) is 3.09. The fourth-order valence-corrected chi connectivity index (χ4v) is 1.82. The molecule has 0 aliphatic carbocycles. The highest BCUT2D eigenvalue weighted by atomic mass is 32.1. The highest BCUT2D eigenvalue weighted by Gasteiger charge is 2.13. The first-order chi connectivity index (χ1) is 10.8. The Hall–Kier alpha value is -0.990. The maximum absolute atomic E-state index is 4.95. The van der Waals surface area contributed by atoms with Crippen molar-refractivity contribution in [2.24, 2.45) is 5.41 Å². The van der Waals surface area contributed by atoms with Gasteiger partial charge >= 0.3 is 0 Å². The van der Waals surface area contributed by atoms with Crippen molar-refractivity contribution in [3.05, 3.63) is 53.1 Å². The molecule has 0 N–H and O–H groups in total. The van der Waals surface area contributed by atoms with Crippen molar-refractivity contribution in [2.45, 2.75) is 48.5 Å². The van der Waals surface area contributed by atoms with Crippen molar-refractivity contribution < 1.29 is 4.74 Å². The van der Waals surface area contributed by atoms with Crippen molar-refractivity contribution in [2.75, 3.05) is 19.5 Å². The van der Waals surface area contributed by atoms with Crippen molar-refractivity contribution in [1.29, 1.82) is 0 Å². The number of rotatable bonds is 5. The minimum Gasteiger partial charge on any atom is -0.384 e. The van der Waals surface area contributed by atoms with Crippen LogP contribution in [0.25, 0.3) is 6.08 Å². The average Bonchev–Trinajstić information content (AvgIpc) is 2.52. The second-order valence-corrected chi connectivity index (χ2v) is 6.52. The summed E-state index contributed by atoms with van der Waals surface area (Å²) in [5, 5.41) is 0. The van der Waals surface area contributed by atoms with E-state index in [4.69, 9.17) is 4.74 Å². The Morgan fingerprint density at radius 2 is 1.83 bits per heavy atom. The van der Waals surface area contributed by atoms with E-state index in [1.807, 2.05) is 19.9 Å². The average molecular weight is 337 g/mol. The monoisotopic (exact) mass is 336 g/mol. The molecular weight excluding hydrogens is 300 g/mol. The van der Waals surface area contributed by atoms with E-state index in [0.717, 1.165) is 12.4 Å². The topological polar surface area (TPSA) is 9.23 Å². The van der Waals surface area contributed by atoms with Gasteiger partial charge in [0.1, 0.15) is 0 Å². The van der Waals surface area contributed by atoms with Gasteiger partial charge in [0, 0.05) is 7.11 Å². The third kappa shape index (κ3) is 12.1. The van der Waals surface area contributed by atoms with E-state index in [1.165, 1.54) is 22.3 Å². The molecule has 0 aromatic heterocycles. The second kappa shape index (κ2) is 13.4. The van der Waals surface area contributed by atoms with Gasteiger partial charge in [0.05, 0.1) is 6.61 Å². The second-order valence-electron chi connectivity index (χ2n) is 6.21. The molecule has 1 aromatic rings. The van der Waals surface area contributed by atoms with Crippen LogP contribution in [0.15, 0.2) is 36.4 Å². The van der Waals surface area contributed by atoms with E-state index in [9.17, 15) is 0 Å². The molecule has 0 saturated carbocycles. The lowest BCUT2D eigenvalue weighted by Crippen LogP contribution is -2.19. The first-order valence-electron chi connectivity index (χ1n) is 8.23. The molecule has 1 rings (SSSR count). The molecule has 0 radical (unpaired) electrons. The first kappa shape index (κ1) is 24.3. The zero-order chi connectivity index (χ0) is 18.5. The molecule has 0 aliphatic heterocycles. The van der Waals surface area contributed by atoms with Crippen LogP contribution in [-0.4, -0.2) is 19.5 Å². The number of aryl methyl sites for hydroxylation is 2. The molecule has 1 nitrogen and oxygen atoms in total. The molecule has 0 saturated heterocycles. The van der Waals surface area contributed by atoms with Crippen molar-refractivity contribution in [3.8, 4) is 0 Å². The molecule has 132 valence electrons. The van der Waals surface area contributed by atoms with E-state index in [0.29, 0.717) is 0 Å². The normalized spacial score (nSPS) is 10.9. The number of hydrogen-bond donors (Lipinski definition) is 1. The van der Waals surface area contributed by atoms with Crippen molar-refractivity contribution in [1.82, 2.24) is 0 Å². The van der Waals surface area contributed by atoms with Crippen LogP contribution in [0.1, 0.15) is 51.3 Å². The summed E-state index contributed by atoms with van der Waals surface area (Å²) in [6.45, 7) is 19.1. The van der Waals surface area contributed by atoms with E-state index < -0.39 is 0 Å². The van der Waals surface area contributed by atoms with Crippen molar-refractivity contribution in [3.63, 3.8) is 0 Å². The number of hydrogen-bond acceptors (Lipinski definition) is 2. The van der Waals surface area contributed by atoms with Gasteiger partial charge in [0.15, 0.2) is 0 Å². The van der Waals surface area contributed by atoms with Gasteiger partial charge in [-0.05, 0) is 43.1 Å². The summed E-state index contributed by atoms with van der Waals surface area (Å²) in [5.74, 6) is 0.876. The minimum atomic E-state index is 0.234. The van der Waals surface area contributed by atoms with Gasteiger partial charge in [-0.3, -0.25) is 0 Å². The van der Waals surface area contributed by atoms with Gasteiger partial charge in [0.2, 0.25) is 0 Å². The molecule has 0 amide bonds. The summed E-state index contributed by atoms with van der Waals surface area (Å²) in [6.07, 6.45) is 4.03. The van der Waals surface area contributed by atoms with E-state index in [-0.39, 0.29) is 5.41 Å². The number of allylic oxidation sites excluding steroid dienone is 2. The number of thiol groups is 1. The summed E-state index contributed by atoms with van der Waals surface area (Å²) in [4.78, 5) is 0. The molecule has 0 bridgehead atoms. The summed E-state index contributed by atoms with van der Waals surface area (Å²) in [5.41, 5.74) is 5.35. The molecule has 0 fully saturated rings. The Bertz CT molecular complexity index is 473. The lowest BCUT2D eigenvalue weighted by molar-refractivity contribution is 0.119. The maximum atomic E-state index is 4.95. The summed E-state index contributed by atoms with van der Waals surface area (Å²) in [7, 11) is 1.71. The predicted octanol–water partition coefficient (Wildman–Crippen LogP) is 6.51. The van der Waals surface area contributed by atoms with Crippen LogP contribution in [0, 0.1) is 19.3 Å². The summed E-state index contributed by atoms with van der Waals surface area (Å²) in [6, 6.07) is 6.48. The Morgan fingerprint density at radius 3 is 2.17 bits per heavy atom. The molecule has 0 atom stereocenters. The maximum Gasteiger partial charge on any atom is 0.0521 e. The number of ether oxygens (including phenoxy) is 1. The Labute approximate surface area is 150 Å². The van der Waals surface area contributed by atoms with Crippen LogP contribution < -0.4 is 0 Å². The molecule has 2 heteroatoms. The smallest absolute Gasteiger partial charge is 0.0521 e. The van der Waals surface area contributed by atoms with Crippen LogP contribution in [0.3, 0.4) is 0 Å². The fourth-order valence-electron chi connectivity index (χ4n) is 1.73. The minimum absolute atomic E-state index is 0.234. The SMILES string of the molecule is C=C/C(C)=C/c1ccc(C)cc1C.CC.COCC(C)(C)CS. The molecular formula is C21H36OS. The van der Waals surface area contributed by atoms with Crippen LogP contribution >= 0.6 is 12.6 Å². The summed E-state index contributed by atoms with van der Waals surface area (Å²) < 4.78 is 4.95. The summed E-state index contributed by atoms with van der Waals surface area (Å²) >= 11 is 4.16. The molecule has 0 heterocycles. The largest absolute Gasteiger partial charge is 0.384 e. The zero-order valence-corrected chi connectivity index (χ0v) is 17.3. The highest BCUT2D eigenvalue weighted by molar-refractivity contribution is 7.80. The van der Waals surface area contributed by atoms with Gasteiger partial charge in [-0.15, -0.1) is 0 Å².